The summed E-state index contributed by atoms with van der Waals surface area (Å²) in [6, 6.07) is 2.90. The summed E-state index contributed by atoms with van der Waals surface area (Å²) in [5, 5.41) is 0. The zero-order valence-electron chi connectivity index (χ0n) is 11.3. The van der Waals surface area contributed by atoms with E-state index < -0.39 is 11.7 Å². The quantitative estimate of drug-likeness (QED) is 0.783. The Kier molecular flexibility index (Phi) is 3.55. The molecule has 1 amide bonds. The molecule has 2 rings (SSSR count). The molecule has 0 saturated carbocycles. The molecule has 19 heavy (non-hydrogen) atoms. The van der Waals surface area contributed by atoms with Gasteiger partial charge in [0, 0.05) is 12.7 Å². The maximum Gasteiger partial charge on any atom is 0.410 e. The third-order valence-corrected chi connectivity index (χ3v) is 2.63. The third-order valence-electron chi connectivity index (χ3n) is 2.63. The highest BCUT2D eigenvalue weighted by molar-refractivity contribution is 5.76. The molecule has 1 aromatic heterocycles. The highest BCUT2D eigenvalue weighted by atomic mass is 19.1. The van der Waals surface area contributed by atoms with E-state index in [0.29, 0.717) is 24.4 Å². The summed E-state index contributed by atoms with van der Waals surface area (Å²) in [5.41, 5.74) is 0.480. The molecular formula is C14H17FN2O2. The Balaban J connectivity index is 2.04. The first-order valence-corrected chi connectivity index (χ1v) is 6.15. The number of aromatic nitrogens is 1. The lowest BCUT2D eigenvalue weighted by Gasteiger charge is -2.24. The van der Waals surface area contributed by atoms with Crippen LogP contribution in [-0.4, -0.2) is 34.7 Å². The van der Waals surface area contributed by atoms with Gasteiger partial charge in [-0.3, -0.25) is 4.98 Å². The molecule has 0 bridgehead atoms. The van der Waals surface area contributed by atoms with Crippen molar-refractivity contribution >= 4 is 11.7 Å². The Bertz CT molecular complexity index is 520. The van der Waals surface area contributed by atoms with Crippen molar-refractivity contribution in [3.8, 4) is 0 Å². The number of nitrogens with zero attached hydrogens (tertiary/aromatic N) is 2. The molecule has 0 spiro atoms. The van der Waals surface area contributed by atoms with Crippen molar-refractivity contribution in [2.75, 3.05) is 13.1 Å². The van der Waals surface area contributed by atoms with Crippen molar-refractivity contribution < 1.29 is 13.9 Å². The Morgan fingerprint density at radius 3 is 2.84 bits per heavy atom. The lowest BCUT2D eigenvalue weighted by Crippen LogP contribution is -2.35. The molecule has 0 N–H and O–H groups in total. The molecule has 0 atom stereocenters. The van der Waals surface area contributed by atoms with Crippen molar-refractivity contribution in [3.63, 3.8) is 0 Å². The summed E-state index contributed by atoms with van der Waals surface area (Å²) < 4.78 is 18.9. The minimum atomic E-state index is -0.532. The van der Waals surface area contributed by atoms with Crippen molar-refractivity contribution in [3.05, 3.63) is 35.9 Å². The van der Waals surface area contributed by atoms with Crippen LogP contribution in [0.15, 0.2) is 24.4 Å². The van der Waals surface area contributed by atoms with Gasteiger partial charge in [-0.15, -0.1) is 0 Å². The maximum absolute atomic E-state index is 13.6. The molecule has 1 aliphatic heterocycles. The van der Waals surface area contributed by atoms with Crippen molar-refractivity contribution in [2.45, 2.75) is 26.4 Å². The normalized spacial score (nSPS) is 15.4. The summed E-state index contributed by atoms with van der Waals surface area (Å²) in [4.78, 5) is 17.4. The Hall–Kier alpha value is -1.91. The molecule has 4 nitrogen and oxygen atoms in total. The van der Waals surface area contributed by atoms with E-state index in [0.717, 1.165) is 0 Å². The van der Waals surface area contributed by atoms with Gasteiger partial charge in [-0.2, -0.15) is 0 Å². The van der Waals surface area contributed by atoms with Gasteiger partial charge in [0.05, 0.1) is 6.54 Å². The van der Waals surface area contributed by atoms with Crippen LogP contribution in [0.25, 0.3) is 5.57 Å². The highest BCUT2D eigenvalue weighted by Gasteiger charge is 2.26. The summed E-state index contributed by atoms with van der Waals surface area (Å²) in [6.45, 7) is 6.18. The van der Waals surface area contributed by atoms with Crippen LogP contribution < -0.4 is 0 Å². The topological polar surface area (TPSA) is 42.4 Å². The average Bonchev–Trinajstić information content (AvgIpc) is 2.76. The van der Waals surface area contributed by atoms with E-state index in [-0.39, 0.29) is 5.82 Å². The van der Waals surface area contributed by atoms with Gasteiger partial charge in [-0.05, 0) is 38.5 Å². The Morgan fingerprint density at radius 2 is 2.21 bits per heavy atom. The summed E-state index contributed by atoms with van der Waals surface area (Å²) in [5.74, 6) is -0.375. The van der Waals surface area contributed by atoms with Crippen LogP contribution >= 0.6 is 0 Å². The molecule has 0 radical (unpaired) electrons. The third kappa shape index (κ3) is 3.30. The standard InChI is InChI=1S/C14H17FN2O2/c1-14(2,3)19-13(18)17-8-6-10(9-17)12-11(15)5-4-7-16-12/h4-7H,8-9H2,1-3H3. The summed E-state index contributed by atoms with van der Waals surface area (Å²) >= 11 is 0. The van der Waals surface area contributed by atoms with Gasteiger partial charge in [0.2, 0.25) is 0 Å². The monoisotopic (exact) mass is 264 g/mol. The van der Waals surface area contributed by atoms with E-state index in [2.05, 4.69) is 4.98 Å². The SMILES string of the molecule is CC(C)(C)OC(=O)N1CC=C(c2ncccc2F)C1. The number of amides is 1. The minimum Gasteiger partial charge on any atom is -0.444 e. The smallest absolute Gasteiger partial charge is 0.410 e. The van der Waals surface area contributed by atoms with Gasteiger partial charge in [-0.25, -0.2) is 9.18 Å². The lowest BCUT2D eigenvalue weighted by atomic mass is 10.2. The van der Waals surface area contributed by atoms with E-state index in [4.69, 9.17) is 4.74 Å². The first-order valence-electron chi connectivity index (χ1n) is 6.15. The summed E-state index contributed by atoms with van der Waals surface area (Å²) in [6.07, 6.45) is 2.94. The van der Waals surface area contributed by atoms with E-state index in [1.54, 1.807) is 12.1 Å². The fourth-order valence-electron chi connectivity index (χ4n) is 1.81. The lowest BCUT2D eigenvalue weighted by molar-refractivity contribution is 0.0306. The highest BCUT2D eigenvalue weighted by Crippen LogP contribution is 2.22. The average molecular weight is 264 g/mol. The first-order chi connectivity index (χ1) is 8.87. The molecule has 102 valence electrons. The molecule has 1 aromatic rings. The van der Waals surface area contributed by atoms with Crippen molar-refractivity contribution in [1.29, 1.82) is 0 Å². The predicted octanol–water partition coefficient (Wildman–Crippen LogP) is 2.85. The van der Waals surface area contributed by atoms with Crippen molar-refractivity contribution in [2.24, 2.45) is 0 Å². The Labute approximate surface area is 111 Å². The molecular weight excluding hydrogens is 247 g/mol. The van der Waals surface area contributed by atoms with Gasteiger partial charge in [0.15, 0.2) is 0 Å². The molecule has 0 saturated heterocycles. The molecule has 0 fully saturated rings. The van der Waals surface area contributed by atoms with Crippen LogP contribution in [-0.2, 0) is 4.74 Å². The number of ether oxygens (including phenoxy) is 1. The molecule has 5 heteroatoms. The van der Waals surface area contributed by atoms with Crippen LogP contribution in [0.1, 0.15) is 26.5 Å². The number of hydrogen-bond acceptors (Lipinski definition) is 3. The molecule has 2 heterocycles. The molecule has 1 aliphatic rings. The van der Waals surface area contributed by atoms with Crippen LogP contribution in [0, 0.1) is 5.82 Å². The van der Waals surface area contributed by atoms with Gasteiger partial charge >= 0.3 is 6.09 Å². The number of rotatable bonds is 1. The second-order valence-corrected chi connectivity index (χ2v) is 5.42. The maximum atomic E-state index is 13.6. The van der Waals surface area contributed by atoms with Gasteiger partial charge in [0.25, 0.3) is 0 Å². The predicted molar refractivity (Wildman–Crippen MR) is 70.0 cm³/mol. The van der Waals surface area contributed by atoms with E-state index in [1.807, 2.05) is 20.8 Å². The van der Waals surface area contributed by atoms with Crippen LogP contribution in [0.2, 0.25) is 0 Å². The largest absolute Gasteiger partial charge is 0.444 e. The second-order valence-electron chi connectivity index (χ2n) is 5.42. The van der Waals surface area contributed by atoms with E-state index in [9.17, 15) is 9.18 Å². The molecule has 0 unspecified atom stereocenters. The van der Waals surface area contributed by atoms with Gasteiger partial charge in [0.1, 0.15) is 17.1 Å². The first kappa shape index (κ1) is 13.5. The number of pyridine rings is 1. The Morgan fingerprint density at radius 1 is 1.47 bits per heavy atom. The second kappa shape index (κ2) is 4.99. The number of halogens is 1. The number of carbonyl (C=O) groups excluding carboxylic acids is 1. The van der Waals surface area contributed by atoms with Crippen LogP contribution in [0.5, 0.6) is 0 Å². The van der Waals surface area contributed by atoms with Crippen LogP contribution in [0.4, 0.5) is 9.18 Å². The number of hydrogen-bond donors (Lipinski definition) is 0. The summed E-state index contributed by atoms with van der Waals surface area (Å²) in [7, 11) is 0. The fourth-order valence-corrected chi connectivity index (χ4v) is 1.81. The number of carbonyl (C=O) groups is 1. The zero-order valence-corrected chi connectivity index (χ0v) is 11.3. The molecule has 0 aromatic carbocycles. The van der Waals surface area contributed by atoms with Gasteiger partial charge < -0.3 is 9.64 Å². The van der Waals surface area contributed by atoms with Crippen LogP contribution in [0.3, 0.4) is 0 Å². The van der Waals surface area contributed by atoms with E-state index >= 15 is 0 Å². The minimum absolute atomic E-state index is 0.300. The van der Waals surface area contributed by atoms with E-state index in [1.165, 1.54) is 17.2 Å². The fraction of sp³-hybridized carbons (Fsp3) is 0.429. The molecule has 0 aliphatic carbocycles. The van der Waals surface area contributed by atoms with Gasteiger partial charge in [-0.1, -0.05) is 6.08 Å². The van der Waals surface area contributed by atoms with Crippen molar-refractivity contribution in [1.82, 2.24) is 9.88 Å². The zero-order chi connectivity index (χ0) is 14.0.